The number of nitrogens with one attached hydrogen (secondary N) is 1. The number of amides is 1. The Kier molecular flexibility index (Phi) is 5.33. The van der Waals surface area contributed by atoms with E-state index in [1.807, 2.05) is 38.2 Å². The van der Waals surface area contributed by atoms with Crippen LogP contribution in [0.2, 0.25) is 5.02 Å². The molecule has 29 heavy (non-hydrogen) atoms. The fourth-order valence-corrected chi connectivity index (χ4v) is 3.73. The predicted molar refractivity (Wildman–Crippen MR) is 115 cm³/mol. The average Bonchev–Trinajstić information content (AvgIpc) is 3.16. The number of nitrogens with zero attached hydrogens (tertiary/aromatic N) is 4. The van der Waals surface area contributed by atoms with E-state index in [1.165, 1.54) is 12.4 Å². The monoisotopic (exact) mass is 421 g/mol. The van der Waals surface area contributed by atoms with Gasteiger partial charge in [-0.2, -0.15) is 0 Å². The molecule has 0 saturated heterocycles. The third-order valence-electron chi connectivity index (χ3n) is 4.29. The van der Waals surface area contributed by atoms with Crippen molar-refractivity contribution >= 4 is 34.7 Å². The lowest BCUT2D eigenvalue weighted by atomic mass is 10.1. The Morgan fingerprint density at radius 2 is 1.90 bits per heavy atom. The smallest absolute Gasteiger partial charge is 0.258 e. The summed E-state index contributed by atoms with van der Waals surface area (Å²) in [6.07, 6.45) is 8.11. The van der Waals surface area contributed by atoms with E-state index < -0.39 is 0 Å². The van der Waals surface area contributed by atoms with Gasteiger partial charge in [0.25, 0.3) is 5.91 Å². The van der Waals surface area contributed by atoms with Crippen LogP contribution in [-0.4, -0.2) is 25.8 Å². The SMILES string of the molecule is Cc1cnc(-c2ccc(Cl)c(-c3cnc(NC(=O)c4cnccc4C)cn3)c2)s1. The maximum atomic E-state index is 12.4. The van der Waals surface area contributed by atoms with E-state index in [-0.39, 0.29) is 5.91 Å². The number of hydrogen-bond donors (Lipinski definition) is 1. The zero-order chi connectivity index (χ0) is 20.4. The van der Waals surface area contributed by atoms with Gasteiger partial charge in [0, 0.05) is 34.6 Å². The van der Waals surface area contributed by atoms with Gasteiger partial charge in [0.05, 0.1) is 28.7 Å². The Morgan fingerprint density at radius 1 is 1.03 bits per heavy atom. The van der Waals surface area contributed by atoms with Crippen LogP contribution in [0.25, 0.3) is 21.8 Å². The first-order valence-corrected chi connectivity index (χ1v) is 9.97. The lowest BCUT2D eigenvalue weighted by molar-refractivity contribution is 0.102. The van der Waals surface area contributed by atoms with E-state index in [4.69, 9.17) is 11.6 Å². The fourth-order valence-electron chi connectivity index (χ4n) is 2.76. The number of pyridine rings is 1. The molecule has 0 radical (unpaired) electrons. The number of carbonyl (C=O) groups excluding carboxylic acids is 1. The normalized spacial score (nSPS) is 10.7. The molecule has 1 N–H and O–H groups in total. The van der Waals surface area contributed by atoms with Crippen LogP contribution >= 0.6 is 22.9 Å². The van der Waals surface area contributed by atoms with Crippen LogP contribution in [0.5, 0.6) is 0 Å². The Balaban J connectivity index is 1.58. The molecule has 0 saturated carbocycles. The highest BCUT2D eigenvalue weighted by Gasteiger charge is 2.13. The molecule has 0 aliphatic heterocycles. The molecule has 0 fully saturated rings. The molecule has 0 bridgehead atoms. The molecule has 4 aromatic rings. The molecule has 1 aromatic carbocycles. The van der Waals surface area contributed by atoms with Crippen molar-refractivity contribution in [3.63, 3.8) is 0 Å². The first kappa shape index (κ1) is 19.2. The van der Waals surface area contributed by atoms with Gasteiger partial charge in [0.15, 0.2) is 5.82 Å². The molecule has 3 heterocycles. The first-order chi connectivity index (χ1) is 14.0. The highest BCUT2D eigenvalue weighted by molar-refractivity contribution is 7.14. The summed E-state index contributed by atoms with van der Waals surface area (Å²) in [6.45, 7) is 3.87. The lowest BCUT2D eigenvalue weighted by Crippen LogP contribution is -2.14. The van der Waals surface area contributed by atoms with E-state index in [0.717, 1.165) is 26.6 Å². The van der Waals surface area contributed by atoms with Gasteiger partial charge in [0.1, 0.15) is 5.01 Å². The van der Waals surface area contributed by atoms with E-state index >= 15 is 0 Å². The van der Waals surface area contributed by atoms with Gasteiger partial charge >= 0.3 is 0 Å². The molecule has 8 heteroatoms. The van der Waals surface area contributed by atoms with Crippen molar-refractivity contribution in [1.29, 1.82) is 0 Å². The van der Waals surface area contributed by atoms with E-state index in [2.05, 4.69) is 25.3 Å². The van der Waals surface area contributed by atoms with Crippen LogP contribution in [0.3, 0.4) is 0 Å². The highest BCUT2D eigenvalue weighted by atomic mass is 35.5. The molecule has 0 aliphatic rings. The van der Waals surface area contributed by atoms with Crippen molar-refractivity contribution in [3.05, 3.63) is 76.3 Å². The summed E-state index contributed by atoms with van der Waals surface area (Å²) >= 11 is 8.00. The van der Waals surface area contributed by atoms with Crippen molar-refractivity contribution < 1.29 is 4.79 Å². The van der Waals surface area contributed by atoms with Crippen LogP contribution in [-0.2, 0) is 0 Å². The van der Waals surface area contributed by atoms with Crippen LogP contribution in [0.4, 0.5) is 5.82 Å². The maximum Gasteiger partial charge on any atom is 0.258 e. The van der Waals surface area contributed by atoms with Crippen LogP contribution in [0.15, 0.2) is 55.2 Å². The summed E-state index contributed by atoms with van der Waals surface area (Å²) < 4.78 is 0. The summed E-state index contributed by atoms with van der Waals surface area (Å²) in [5.74, 6) is 0.0710. The molecule has 1 amide bonds. The maximum absolute atomic E-state index is 12.4. The van der Waals surface area contributed by atoms with Crippen molar-refractivity contribution in [3.8, 4) is 21.8 Å². The fraction of sp³-hybridized carbons (Fsp3) is 0.0952. The molecule has 0 unspecified atom stereocenters. The van der Waals surface area contributed by atoms with E-state index in [1.54, 1.807) is 29.8 Å². The molecule has 144 valence electrons. The van der Waals surface area contributed by atoms with Crippen molar-refractivity contribution in [1.82, 2.24) is 19.9 Å². The summed E-state index contributed by atoms with van der Waals surface area (Å²) in [7, 11) is 0. The number of hydrogen-bond acceptors (Lipinski definition) is 6. The molecule has 0 aliphatic carbocycles. The van der Waals surface area contributed by atoms with Gasteiger partial charge in [-0.1, -0.05) is 17.7 Å². The van der Waals surface area contributed by atoms with Gasteiger partial charge in [-0.05, 0) is 37.6 Å². The van der Waals surface area contributed by atoms with Gasteiger partial charge < -0.3 is 5.32 Å². The number of thiazole rings is 1. The topological polar surface area (TPSA) is 80.7 Å². The number of rotatable bonds is 4. The average molecular weight is 422 g/mol. The summed E-state index contributed by atoms with van der Waals surface area (Å²) in [6, 6.07) is 7.48. The van der Waals surface area contributed by atoms with Gasteiger partial charge in [-0.3, -0.25) is 14.8 Å². The molecule has 0 atom stereocenters. The number of halogens is 1. The Morgan fingerprint density at radius 3 is 2.59 bits per heavy atom. The Labute approximate surface area is 176 Å². The minimum Gasteiger partial charge on any atom is -0.305 e. The second kappa shape index (κ2) is 8.06. The standard InChI is InChI=1S/C21H16ClN5OS/c1-12-5-6-23-9-16(12)20(28)27-19-11-24-18(10-25-19)15-7-14(3-4-17(15)22)21-26-8-13(2)29-21/h3-11H,1-2H3,(H,25,27,28). The quantitative estimate of drug-likeness (QED) is 0.490. The van der Waals surface area contributed by atoms with Crippen molar-refractivity contribution in [2.75, 3.05) is 5.32 Å². The zero-order valence-corrected chi connectivity index (χ0v) is 17.3. The Hall–Kier alpha value is -3.16. The number of carbonyl (C=O) groups is 1. The Bertz CT molecular complexity index is 1190. The second-order valence-electron chi connectivity index (χ2n) is 6.40. The summed E-state index contributed by atoms with van der Waals surface area (Å²) in [4.78, 5) is 30.7. The zero-order valence-electron chi connectivity index (χ0n) is 15.7. The number of benzene rings is 1. The number of anilines is 1. The van der Waals surface area contributed by atoms with Crippen molar-refractivity contribution in [2.45, 2.75) is 13.8 Å². The summed E-state index contributed by atoms with van der Waals surface area (Å²) in [5, 5.41) is 4.23. The highest BCUT2D eigenvalue weighted by Crippen LogP contribution is 2.33. The van der Waals surface area contributed by atoms with Crippen molar-refractivity contribution in [2.24, 2.45) is 0 Å². The molecule has 0 spiro atoms. The van der Waals surface area contributed by atoms with Gasteiger partial charge in [-0.25, -0.2) is 9.97 Å². The van der Waals surface area contributed by atoms with Crippen LogP contribution in [0, 0.1) is 13.8 Å². The van der Waals surface area contributed by atoms with Crippen LogP contribution < -0.4 is 5.32 Å². The minimum absolute atomic E-state index is 0.281. The summed E-state index contributed by atoms with van der Waals surface area (Å²) in [5.41, 5.74) is 3.66. The molecule has 4 rings (SSSR count). The largest absolute Gasteiger partial charge is 0.305 e. The van der Waals surface area contributed by atoms with Crippen LogP contribution in [0.1, 0.15) is 20.8 Å². The molecular weight excluding hydrogens is 406 g/mol. The number of aryl methyl sites for hydroxylation is 2. The van der Waals surface area contributed by atoms with E-state index in [9.17, 15) is 4.79 Å². The van der Waals surface area contributed by atoms with E-state index in [0.29, 0.717) is 22.1 Å². The number of aromatic nitrogens is 4. The second-order valence-corrected chi connectivity index (χ2v) is 8.04. The third-order valence-corrected chi connectivity index (χ3v) is 5.58. The molecular formula is C21H16ClN5OS. The molecule has 6 nitrogen and oxygen atoms in total. The first-order valence-electron chi connectivity index (χ1n) is 8.78. The predicted octanol–water partition coefficient (Wildman–Crippen LogP) is 5.18. The lowest BCUT2D eigenvalue weighted by Gasteiger charge is -2.08. The third kappa shape index (κ3) is 4.16. The van der Waals surface area contributed by atoms with Gasteiger partial charge in [0.2, 0.25) is 0 Å². The minimum atomic E-state index is -0.281. The molecule has 3 aromatic heterocycles. The van der Waals surface area contributed by atoms with Gasteiger partial charge in [-0.15, -0.1) is 11.3 Å².